The molecule has 0 saturated carbocycles. The fourth-order valence-corrected chi connectivity index (χ4v) is 3.92. The van der Waals surface area contributed by atoms with Gasteiger partial charge in [0, 0.05) is 71.1 Å². The van der Waals surface area contributed by atoms with E-state index in [9.17, 15) is 15.0 Å². The van der Waals surface area contributed by atoms with Crippen LogP contribution in [0.25, 0.3) is 0 Å². The number of amides is 1. The first-order chi connectivity index (χ1) is 10.6. The largest absolute Gasteiger partial charge is 0.391 e. The van der Waals surface area contributed by atoms with Gasteiger partial charge in [-0.15, -0.1) is 0 Å². The monoisotopic (exact) mass is 312 g/mol. The third-order valence-corrected chi connectivity index (χ3v) is 5.32. The molecule has 3 rings (SSSR count). The molecule has 3 aliphatic heterocycles. The van der Waals surface area contributed by atoms with Gasteiger partial charge in [0.25, 0.3) is 0 Å². The highest BCUT2D eigenvalue weighted by molar-refractivity contribution is 5.76. The lowest BCUT2D eigenvalue weighted by Crippen LogP contribution is -2.46. The average molecular weight is 312 g/mol. The molecule has 0 aromatic carbocycles. The summed E-state index contributed by atoms with van der Waals surface area (Å²) in [5, 5.41) is 20.8. The first-order valence-corrected chi connectivity index (χ1v) is 8.54. The lowest BCUT2D eigenvalue weighted by Gasteiger charge is -2.35. The van der Waals surface area contributed by atoms with E-state index in [4.69, 9.17) is 4.74 Å². The normalized spacial score (nSPS) is 32.5. The van der Waals surface area contributed by atoms with E-state index >= 15 is 0 Å². The van der Waals surface area contributed by atoms with Gasteiger partial charge in [0.15, 0.2) is 0 Å². The highest BCUT2D eigenvalue weighted by atomic mass is 16.5. The van der Waals surface area contributed by atoms with Crippen LogP contribution in [0.2, 0.25) is 0 Å². The third kappa shape index (κ3) is 3.79. The van der Waals surface area contributed by atoms with E-state index in [1.54, 1.807) is 0 Å². The highest BCUT2D eigenvalue weighted by Gasteiger charge is 2.39. The van der Waals surface area contributed by atoms with Crippen molar-refractivity contribution in [2.75, 3.05) is 45.9 Å². The van der Waals surface area contributed by atoms with Crippen LogP contribution in [-0.2, 0) is 9.53 Å². The Bertz CT molecular complexity index is 392. The molecule has 0 radical (unpaired) electrons. The molecule has 0 unspecified atom stereocenters. The Hall–Kier alpha value is -0.690. The van der Waals surface area contributed by atoms with Crippen LogP contribution < -0.4 is 0 Å². The van der Waals surface area contributed by atoms with E-state index in [-0.39, 0.29) is 11.8 Å². The number of carbonyl (C=O) groups is 1. The summed E-state index contributed by atoms with van der Waals surface area (Å²) in [6, 6.07) is 0. The SMILES string of the molecule is O=C(C[C@H]1CN(CC2(O)CCOCC2)C[C@@H]1O)N1CCCC1. The molecule has 3 heterocycles. The summed E-state index contributed by atoms with van der Waals surface area (Å²) in [7, 11) is 0. The molecule has 0 bridgehead atoms. The standard InChI is InChI=1S/C16H28N2O4/c19-14-11-17(12-16(21)3-7-22-8-4-16)10-13(14)9-15(20)18-5-1-2-6-18/h13-14,19,21H,1-12H2/t13-,14-/m0/s1. The lowest BCUT2D eigenvalue weighted by atomic mass is 9.94. The van der Waals surface area contributed by atoms with E-state index in [2.05, 4.69) is 4.90 Å². The quantitative estimate of drug-likeness (QED) is 0.754. The number of β-amino-alcohol motifs (C(OH)–C–C–N with tert-alkyl or cyclic N) is 2. The molecule has 3 saturated heterocycles. The van der Waals surface area contributed by atoms with Crippen molar-refractivity contribution in [3.8, 4) is 0 Å². The number of nitrogens with zero attached hydrogens (tertiary/aromatic N) is 2. The molecule has 0 spiro atoms. The minimum Gasteiger partial charge on any atom is -0.391 e. The zero-order valence-electron chi connectivity index (χ0n) is 13.2. The Labute approximate surface area is 132 Å². The van der Waals surface area contributed by atoms with Crippen molar-refractivity contribution >= 4 is 5.91 Å². The number of ether oxygens (including phenoxy) is 1. The first kappa shape index (κ1) is 16.2. The van der Waals surface area contributed by atoms with Gasteiger partial charge in [-0.05, 0) is 12.8 Å². The highest BCUT2D eigenvalue weighted by Crippen LogP contribution is 2.27. The summed E-state index contributed by atoms with van der Waals surface area (Å²) in [4.78, 5) is 16.3. The Morgan fingerprint density at radius 1 is 1.18 bits per heavy atom. The van der Waals surface area contributed by atoms with Gasteiger partial charge in [0.05, 0.1) is 11.7 Å². The summed E-state index contributed by atoms with van der Waals surface area (Å²) in [6.07, 6.45) is 3.46. The van der Waals surface area contributed by atoms with Crippen molar-refractivity contribution in [1.82, 2.24) is 9.80 Å². The number of likely N-dealkylation sites (tertiary alicyclic amines) is 2. The van der Waals surface area contributed by atoms with Crippen molar-refractivity contribution in [2.45, 2.75) is 43.8 Å². The summed E-state index contributed by atoms with van der Waals surface area (Å²) in [6.45, 7) is 4.76. The number of aliphatic hydroxyl groups is 2. The van der Waals surface area contributed by atoms with E-state index in [0.717, 1.165) is 25.9 Å². The van der Waals surface area contributed by atoms with Gasteiger partial charge in [-0.3, -0.25) is 9.69 Å². The summed E-state index contributed by atoms with van der Waals surface area (Å²) >= 11 is 0. The maximum absolute atomic E-state index is 12.2. The maximum atomic E-state index is 12.2. The molecule has 2 N–H and O–H groups in total. The summed E-state index contributed by atoms with van der Waals surface area (Å²) in [5.74, 6) is 0.171. The van der Waals surface area contributed by atoms with Crippen LogP contribution in [0.15, 0.2) is 0 Å². The van der Waals surface area contributed by atoms with Crippen LogP contribution in [0.5, 0.6) is 0 Å². The van der Waals surface area contributed by atoms with E-state index < -0.39 is 11.7 Å². The van der Waals surface area contributed by atoms with Crippen molar-refractivity contribution in [1.29, 1.82) is 0 Å². The summed E-state index contributed by atoms with van der Waals surface area (Å²) < 4.78 is 5.30. The fourth-order valence-electron chi connectivity index (χ4n) is 3.92. The third-order valence-electron chi connectivity index (χ3n) is 5.32. The minimum atomic E-state index is -0.703. The number of aliphatic hydroxyl groups excluding tert-OH is 1. The lowest BCUT2D eigenvalue weighted by molar-refractivity contribution is -0.131. The topological polar surface area (TPSA) is 73.2 Å². The number of carbonyl (C=O) groups excluding carboxylic acids is 1. The Morgan fingerprint density at radius 2 is 1.86 bits per heavy atom. The molecule has 0 aromatic heterocycles. The molecule has 126 valence electrons. The number of hydrogen-bond acceptors (Lipinski definition) is 5. The fraction of sp³-hybridized carbons (Fsp3) is 0.938. The van der Waals surface area contributed by atoms with Gasteiger partial charge in [-0.25, -0.2) is 0 Å². The summed E-state index contributed by atoms with van der Waals surface area (Å²) in [5.41, 5.74) is -0.703. The predicted molar refractivity (Wildman–Crippen MR) is 81.4 cm³/mol. The van der Waals surface area contributed by atoms with Gasteiger partial charge in [-0.1, -0.05) is 0 Å². The Balaban J connectivity index is 1.49. The molecular weight excluding hydrogens is 284 g/mol. The predicted octanol–water partition coefficient (Wildman–Crippen LogP) is -0.167. The van der Waals surface area contributed by atoms with Crippen LogP contribution in [0.4, 0.5) is 0 Å². The van der Waals surface area contributed by atoms with Gasteiger partial charge >= 0.3 is 0 Å². The molecule has 3 fully saturated rings. The van der Waals surface area contributed by atoms with E-state index in [1.165, 1.54) is 0 Å². The van der Waals surface area contributed by atoms with Gasteiger partial charge < -0.3 is 19.8 Å². The zero-order valence-corrected chi connectivity index (χ0v) is 13.2. The van der Waals surface area contributed by atoms with Gasteiger partial charge in [0.2, 0.25) is 5.91 Å². The zero-order chi connectivity index (χ0) is 15.6. The van der Waals surface area contributed by atoms with E-state index in [0.29, 0.717) is 52.1 Å². The molecule has 0 aliphatic carbocycles. The smallest absolute Gasteiger partial charge is 0.222 e. The van der Waals surface area contributed by atoms with Crippen LogP contribution in [0, 0.1) is 5.92 Å². The maximum Gasteiger partial charge on any atom is 0.222 e. The molecule has 22 heavy (non-hydrogen) atoms. The van der Waals surface area contributed by atoms with Gasteiger partial charge in [0.1, 0.15) is 0 Å². The van der Waals surface area contributed by atoms with E-state index in [1.807, 2.05) is 4.90 Å². The molecule has 6 heteroatoms. The molecular formula is C16H28N2O4. The van der Waals surface area contributed by atoms with Crippen molar-refractivity contribution in [3.05, 3.63) is 0 Å². The van der Waals surface area contributed by atoms with Crippen LogP contribution in [0.1, 0.15) is 32.1 Å². The van der Waals surface area contributed by atoms with Crippen molar-refractivity contribution in [2.24, 2.45) is 5.92 Å². The first-order valence-electron chi connectivity index (χ1n) is 8.54. The van der Waals surface area contributed by atoms with Crippen molar-refractivity contribution in [3.63, 3.8) is 0 Å². The number of hydrogen-bond donors (Lipinski definition) is 2. The van der Waals surface area contributed by atoms with Gasteiger partial charge in [-0.2, -0.15) is 0 Å². The van der Waals surface area contributed by atoms with Crippen LogP contribution >= 0.6 is 0 Å². The molecule has 0 aromatic rings. The average Bonchev–Trinajstić information content (AvgIpc) is 3.10. The second-order valence-corrected chi connectivity index (χ2v) is 7.15. The molecule has 1 amide bonds. The second-order valence-electron chi connectivity index (χ2n) is 7.15. The second kappa shape index (κ2) is 6.83. The van der Waals surface area contributed by atoms with Crippen molar-refractivity contribution < 1.29 is 19.7 Å². The minimum absolute atomic E-state index is 0.00320. The number of rotatable bonds is 4. The molecule has 3 aliphatic rings. The molecule has 2 atom stereocenters. The Kier molecular flexibility index (Phi) is 5.02. The van der Waals surface area contributed by atoms with Crippen LogP contribution in [-0.4, -0.2) is 83.6 Å². The van der Waals surface area contributed by atoms with Crippen LogP contribution in [0.3, 0.4) is 0 Å². The Morgan fingerprint density at radius 3 is 2.55 bits per heavy atom. The molecule has 6 nitrogen and oxygen atoms in total.